The van der Waals surface area contributed by atoms with Gasteiger partial charge in [-0.3, -0.25) is 9.59 Å². The van der Waals surface area contributed by atoms with Crippen LogP contribution in [0.1, 0.15) is 27.7 Å². The lowest BCUT2D eigenvalue weighted by atomic mass is 9.87. The summed E-state index contributed by atoms with van der Waals surface area (Å²) in [5.41, 5.74) is -0.359. The van der Waals surface area contributed by atoms with Gasteiger partial charge in [-0.05, 0) is 6.92 Å². The fraction of sp³-hybridized carbons (Fsp3) is 0.833. The summed E-state index contributed by atoms with van der Waals surface area (Å²) in [5.74, 6) is -1.71. The maximum absolute atomic E-state index is 11.8. The number of ether oxygens (including phenoxy) is 2. The van der Waals surface area contributed by atoms with Gasteiger partial charge in [0.1, 0.15) is 0 Å². The van der Waals surface area contributed by atoms with E-state index in [0.29, 0.717) is 0 Å². The van der Waals surface area contributed by atoms with Gasteiger partial charge in [-0.2, -0.15) is 0 Å². The fourth-order valence-corrected chi connectivity index (χ4v) is 1.66. The minimum Gasteiger partial charge on any atom is -0.357 e. The Hall–Kier alpha value is -1.14. The summed E-state index contributed by atoms with van der Waals surface area (Å²) < 4.78 is 11.4. The summed E-state index contributed by atoms with van der Waals surface area (Å²) >= 11 is 0. The smallest absolute Gasteiger partial charge is 0.252 e. The molecule has 0 aromatic rings. The first-order chi connectivity index (χ1) is 8.16. The third-order valence-electron chi connectivity index (χ3n) is 3.35. The van der Waals surface area contributed by atoms with E-state index in [0.717, 1.165) is 0 Å². The van der Waals surface area contributed by atoms with Gasteiger partial charge in [-0.1, -0.05) is 20.8 Å². The molecule has 2 N–H and O–H groups in total. The van der Waals surface area contributed by atoms with Gasteiger partial charge >= 0.3 is 0 Å². The maximum atomic E-state index is 11.8. The average Bonchev–Trinajstić information content (AvgIpc) is 2.66. The van der Waals surface area contributed by atoms with E-state index in [2.05, 4.69) is 10.6 Å². The van der Waals surface area contributed by atoms with E-state index in [1.165, 1.54) is 14.1 Å². The second-order valence-electron chi connectivity index (χ2n) is 5.50. The number of carbonyl (C=O) groups excluding carboxylic acids is 2. The summed E-state index contributed by atoms with van der Waals surface area (Å²) in [6.45, 7) is 7.53. The Kier molecular flexibility index (Phi) is 4.02. The third kappa shape index (κ3) is 2.49. The zero-order chi connectivity index (χ0) is 14.1. The van der Waals surface area contributed by atoms with Crippen LogP contribution in [0, 0.1) is 5.41 Å². The number of likely N-dealkylation sites (N-methyl/N-ethyl adjacent to an activating group) is 2. The predicted molar refractivity (Wildman–Crippen MR) is 65.7 cm³/mol. The van der Waals surface area contributed by atoms with Crippen molar-refractivity contribution >= 4 is 11.8 Å². The van der Waals surface area contributed by atoms with Crippen molar-refractivity contribution in [3.05, 3.63) is 0 Å². The van der Waals surface area contributed by atoms with Crippen molar-refractivity contribution in [3.63, 3.8) is 0 Å². The highest BCUT2D eigenvalue weighted by Gasteiger charge is 2.55. The standard InChI is InChI=1S/C12H22N2O4/c1-11(2,3)12(4)17-7(9(15)13-5)8(18-12)10(16)14-6/h7-8H,1-6H3,(H,13,15)(H,14,16)/t7-,8-/m1/s1. The van der Waals surface area contributed by atoms with E-state index in [-0.39, 0.29) is 17.2 Å². The predicted octanol–water partition coefficient (Wildman–Crippen LogP) is 0.0247. The lowest BCUT2D eigenvalue weighted by Gasteiger charge is -2.36. The Bertz CT molecular complexity index is 324. The fourth-order valence-electron chi connectivity index (χ4n) is 1.66. The molecule has 2 amide bonds. The van der Waals surface area contributed by atoms with Crippen LogP contribution in [0.15, 0.2) is 0 Å². The number of hydrogen-bond donors (Lipinski definition) is 2. The van der Waals surface area contributed by atoms with E-state index < -0.39 is 18.0 Å². The summed E-state index contributed by atoms with van der Waals surface area (Å²) in [6.07, 6.45) is -1.86. The van der Waals surface area contributed by atoms with E-state index in [1.54, 1.807) is 6.92 Å². The normalized spacial score (nSPS) is 26.8. The van der Waals surface area contributed by atoms with Crippen LogP contribution in [-0.4, -0.2) is 43.9 Å². The Balaban J connectivity index is 3.03. The summed E-state index contributed by atoms with van der Waals surface area (Å²) in [5, 5.41) is 4.96. The molecule has 0 radical (unpaired) electrons. The van der Waals surface area contributed by atoms with E-state index in [9.17, 15) is 9.59 Å². The van der Waals surface area contributed by atoms with Gasteiger partial charge in [0.2, 0.25) is 0 Å². The first-order valence-corrected chi connectivity index (χ1v) is 5.95. The minimum atomic E-state index is -0.985. The SMILES string of the molecule is CNC(=O)[C@@H]1OC(C)(C(C)(C)C)O[C@H]1C(=O)NC. The Labute approximate surface area is 107 Å². The molecule has 0 bridgehead atoms. The van der Waals surface area contributed by atoms with Gasteiger partial charge in [-0.25, -0.2) is 0 Å². The highest BCUT2D eigenvalue weighted by Crippen LogP contribution is 2.42. The Morgan fingerprint density at radius 3 is 1.56 bits per heavy atom. The van der Waals surface area contributed by atoms with Crippen LogP contribution in [0.25, 0.3) is 0 Å². The molecule has 18 heavy (non-hydrogen) atoms. The second-order valence-corrected chi connectivity index (χ2v) is 5.50. The van der Waals surface area contributed by atoms with Crippen molar-refractivity contribution in [2.45, 2.75) is 45.7 Å². The van der Waals surface area contributed by atoms with Crippen LogP contribution >= 0.6 is 0 Å². The molecule has 1 rings (SSSR count). The van der Waals surface area contributed by atoms with Crippen molar-refractivity contribution in [1.29, 1.82) is 0 Å². The molecule has 1 aliphatic rings. The molecule has 6 heteroatoms. The van der Waals surface area contributed by atoms with Crippen molar-refractivity contribution in [3.8, 4) is 0 Å². The van der Waals surface area contributed by atoms with Crippen molar-refractivity contribution in [2.75, 3.05) is 14.1 Å². The molecule has 1 fully saturated rings. The molecule has 0 aromatic carbocycles. The van der Waals surface area contributed by atoms with Gasteiger partial charge in [0.05, 0.1) is 0 Å². The monoisotopic (exact) mass is 258 g/mol. The lowest BCUT2D eigenvalue weighted by Crippen LogP contribution is -2.46. The minimum absolute atomic E-state index is 0.359. The second kappa shape index (κ2) is 4.85. The van der Waals surface area contributed by atoms with Crippen LogP contribution < -0.4 is 10.6 Å². The quantitative estimate of drug-likeness (QED) is 0.732. The molecule has 0 aromatic heterocycles. The van der Waals surface area contributed by atoms with Gasteiger partial charge in [0.15, 0.2) is 18.0 Å². The molecular formula is C12H22N2O4. The molecule has 1 heterocycles. The Morgan fingerprint density at radius 2 is 1.33 bits per heavy atom. The van der Waals surface area contributed by atoms with E-state index in [1.807, 2.05) is 20.8 Å². The van der Waals surface area contributed by atoms with Crippen LogP contribution in [-0.2, 0) is 19.1 Å². The number of amides is 2. The van der Waals surface area contributed by atoms with Gasteiger partial charge in [-0.15, -0.1) is 0 Å². The first-order valence-electron chi connectivity index (χ1n) is 5.95. The summed E-state index contributed by atoms with van der Waals surface area (Å²) in [4.78, 5) is 23.5. The van der Waals surface area contributed by atoms with Crippen LogP contribution in [0.3, 0.4) is 0 Å². The van der Waals surface area contributed by atoms with Crippen molar-refractivity contribution in [1.82, 2.24) is 10.6 Å². The van der Waals surface area contributed by atoms with E-state index in [4.69, 9.17) is 9.47 Å². The topological polar surface area (TPSA) is 76.7 Å². The van der Waals surface area contributed by atoms with Gasteiger partial charge < -0.3 is 20.1 Å². The summed E-state index contributed by atoms with van der Waals surface area (Å²) in [7, 11) is 3.00. The summed E-state index contributed by atoms with van der Waals surface area (Å²) in [6, 6.07) is 0. The van der Waals surface area contributed by atoms with Gasteiger partial charge in [0, 0.05) is 19.5 Å². The Morgan fingerprint density at radius 1 is 1.00 bits per heavy atom. The highest BCUT2D eigenvalue weighted by molar-refractivity contribution is 5.91. The zero-order valence-electron chi connectivity index (χ0n) is 11.8. The molecule has 2 atom stereocenters. The molecule has 0 saturated carbocycles. The van der Waals surface area contributed by atoms with Crippen LogP contribution in [0.2, 0.25) is 0 Å². The molecule has 0 spiro atoms. The number of hydrogen-bond acceptors (Lipinski definition) is 4. The van der Waals surface area contributed by atoms with E-state index >= 15 is 0 Å². The molecule has 6 nitrogen and oxygen atoms in total. The molecule has 104 valence electrons. The number of nitrogens with one attached hydrogen (secondary N) is 2. The average molecular weight is 258 g/mol. The first kappa shape index (κ1) is 14.9. The highest BCUT2D eigenvalue weighted by atomic mass is 16.8. The van der Waals surface area contributed by atoms with Crippen molar-refractivity contribution in [2.24, 2.45) is 5.41 Å². The van der Waals surface area contributed by atoms with Crippen LogP contribution in [0.5, 0.6) is 0 Å². The number of carbonyl (C=O) groups is 2. The maximum Gasteiger partial charge on any atom is 0.252 e. The lowest BCUT2D eigenvalue weighted by molar-refractivity contribution is -0.223. The zero-order valence-corrected chi connectivity index (χ0v) is 11.8. The molecular weight excluding hydrogens is 236 g/mol. The molecule has 0 unspecified atom stereocenters. The molecule has 1 saturated heterocycles. The molecule has 0 aliphatic carbocycles. The number of rotatable bonds is 2. The van der Waals surface area contributed by atoms with Crippen molar-refractivity contribution < 1.29 is 19.1 Å². The third-order valence-corrected chi connectivity index (χ3v) is 3.35. The largest absolute Gasteiger partial charge is 0.357 e. The van der Waals surface area contributed by atoms with Gasteiger partial charge in [0.25, 0.3) is 11.8 Å². The van der Waals surface area contributed by atoms with Crippen LogP contribution in [0.4, 0.5) is 0 Å². The molecule has 1 aliphatic heterocycles.